The van der Waals surface area contributed by atoms with Crippen LogP contribution in [0.4, 0.5) is 4.39 Å². The van der Waals surface area contributed by atoms with Crippen molar-refractivity contribution in [1.29, 1.82) is 0 Å². The van der Waals surface area contributed by atoms with Crippen molar-refractivity contribution in [3.8, 4) is 11.4 Å². The van der Waals surface area contributed by atoms with Gasteiger partial charge in [-0.3, -0.25) is 13.9 Å². The van der Waals surface area contributed by atoms with Gasteiger partial charge in [-0.1, -0.05) is 48.0 Å². The molecule has 0 saturated carbocycles. The summed E-state index contributed by atoms with van der Waals surface area (Å²) in [7, 11) is 2.95. The van der Waals surface area contributed by atoms with Crippen molar-refractivity contribution in [2.75, 3.05) is 0 Å². The third-order valence-electron chi connectivity index (χ3n) is 4.76. The van der Waals surface area contributed by atoms with Gasteiger partial charge in [-0.2, -0.15) is 0 Å². The SMILES string of the molecule is Cn1c(=O)c2c(nc(-c3ccccc3)n2Cc2c(F)cccc2Cl)n(C)c1=O. The lowest BCUT2D eigenvalue weighted by Gasteiger charge is -2.12. The molecule has 0 unspecified atom stereocenters. The Morgan fingerprint density at radius 2 is 1.71 bits per heavy atom. The number of halogens is 2. The van der Waals surface area contributed by atoms with Crippen LogP contribution in [0.15, 0.2) is 58.1 Å². The highest BCUT2D eigenvalue weighted by atomic mass is 35.5. The second-order valence-electron chi connectivity index (χ2n) is 6.47. The van der Waals surface area contributed by atoms with E-state index >= 15 is 0 Å². The van der Waals surface area contributed by atoms with Crippen molar-refractivity contribution in [2.45, 2.75) is 6.54 Å². The molecule has 6 nitrogen and oxygen atoms in total. The average molecular weight is 399 g/mol. The van der Waals surface area contributed by atoms with E-state index in [4.69, 9.17) is 11.6 Å². The number of fused-ring (bicyclic) bond motifs is 1. The molecule has 0 bridgehead atoms. The van der Waals surface area contributed by atoms with Crippen molar-refractivity contribution in [3.05, 3.63) is 85.8 Å². The molecule has 0 N–H and O–H groups in total. The van der Waals surface area contributed by atoms with Crippen LogP contribution in [0.1, 0.15) is 5.56 Å². The third-order valence-corrected chi connectivity index (χ3v) is 5.11. The van der Waals surface area contributed by atoms with Crippen LogP contribution >= 0.6 is 11.6 Å². The van der Waals surface area contributed by atoms with Crippen molar-refractivity contribution in [2.24, 2.45) is 14.1 Å². The monoisotopic (exact) mass is 398 g/mol. The molecule has 4 aromatic rings. The lowest BCUT2D eigenvalue weighted by molar-refractivity contribution is 0.601. The fourth-order valence-corrected chi connectivity index (χ4v) is 3.47. The number of hydrogen-bond acceptors (Lipinski definition) is 3. The molecule has 0 fully saturated rings. The van der Waals surface area contributed by atoms with Crippen LogP contribution in [0.25, 0.3) is 22.6 Å². The number of rotatable bonds is 3. The molecule has 0 saturated heterocycles. The van der Waals surface area contributed by atoms with Crippen LogP contribution in [-0.4, -0.2) is 18.7 Å². The number of aryl methyl sites for hydroxylation is 1. The fraction of sp³-hybridized carbons (Fsp3) is 0.150. The lowest BCUT2D eigenvalue weighted by Crippen LogP contribution is -2.37. The zero-order valence-electron chi connectivity index (χ0n) is 15.2. The maximum Gasteiger partial charge on any atom is 0.332 e. The highest BCUT2D eigenvalue weighted by Crippen LogP contribution is 2.26. The van der Waals surface area contributed by atoms with Gasteiger partial charge >= 0.3 is 5.69 Å². The van der Waals surface area contributed by atoms with Gasteiger partial charge < -0.3 is 4.57 Å². The van der Waals surface area contributed by atoms with Crippen molar-refractivity contribution in [3.63, 3.8) is 0 Å². The Labute approximate surface area is 164 Å². The molecule has 2 heterocycles. The molecule has 0 radical (unpaired) electrons. The molecule has 28 heavy (non-hydrogen) atoms. The van der Waals surface area contributed by atoms with E-state index in [1.165, 1.54) is 23.7 Å². The second-order valence-corrected chi connectivity index (χ2v) is 6.87. The minimum Gasteiger partial charge on any atom is -0.313 e. The van der Waals surface area contributed by atoms with Gasteiger partial charge in [0.05, 0.1) is 6.54 Å². The Morgan fingerprint density at radius 1 is 1.00 bits per heavy atom. The molecule has 0 aliphatic heterocycles. The van der Waals surface area contributed by atoms with E-state index in [1.807, 2.05) is 30.3 Å². The van der Waals surface area contributed by atoms with Crippen LogP contribution < -0.4 is 11.2 Å². The van der Waals surface area contributed by atoms with Crippen LogP contribution in [0.5, 0.6) is 0 Å². The van der Waals surface area contributed by atoms with Gasteiger partial charge in [-0.15, -0.1) is 0 Å². The first-order chi connectivity index (χ1) is 13.4. The van der Waals surface area contributed by atoms with Crippen molar-refractivity contribution in [1.82, 2.24) is 18.7 Å². The van der Waals surface area contributed by atoms with Gasteiger partial charge in [-0.05, 0) is 12.1 Å². The first-order valence-electron chi connectivity index (χ1n) is 8.54. The van der Waals surface area contributed by atoms with E-state index in [1.54, 1.807) is 17.7 Å². The van der Waals surface area contributed by atoms with Gasteiger partial charge in [0.15, 0.2) is 11.2 Å². The standard InChI is InChI=1S/C20H16ClFN4O2/c1-24-18-16(19(27)25(2)20(24)28)26(11-13-14(21)9-6-10-15(13)22)17(23-18)12-7-4-3-5-8-12/h3-10H,11H2,1-2H3. The van der Waals surface area contributed by atoms with E-state index in [0.717, 1.165) is 10.1 Å². The zero-order valence-corrected chi connectivity index (χ0v) is 15.9. The molecule has 0 atom stereocenters. The quantitative estimate of drug-likeness (QED) is 0.533. The minimum atomic E-state index is -0.500. The Morgan fingerprint density at radius 3 is 2.39 bits per heavy atom. The summed E-state index contributed by atoms with van der Waals surface area (Å²) >= 11 is 6.21. The fourth-order valence-electron chi connectivity index (χ4n) is 3.25. The van der Waals surface area contributed by atoms with Crippen LogP contribution in [0.3, 0.4) is 0 Å². The Hall–Kier alpha value is -3.19. The summed E-state index contributed by atoms with van der Waals surface area (Å²) in [4.78, 5) is 29.8. The summed E-state index contributed by atoms with van der Waals surface area (Å²) in [5.74, 6) is -0.0248. The molecule has 142 valence electrons. The number of hydrogen-bond donors (Lipinski definition) is 0. The lowest BCUT2D eigenvalue weighted by atomic mass is 10.2. The average Bonchev–Trinajstić information content (AvgIpc) is 3.08. The minimum absolute atomic E-state index is 0.000319. The summed E-state index contributed by atoms with van der Waals surface area (Å²) in [6.45, 7) is -0.000319. The predicted molar refractivity (Wildman–Crippen MR) is 106 cm³/mol. The largest absolute Gasteiger partial charge is 0.332 e. The molecule has 2 aromatic carbocycles. The van der Waals surface area contributed by atoms with Crippen LogP contribution in [0, 0.1) is 5.82 Å². The topological polar surface area (TPSA) is 61.8 Å². The van der Waals surface area contributed by atoms with Crippen LogP contribution in [0.2, 0.25) is 5.02 Å². The summed E-state index contributed by atoms with van der Waals surface area (Å²) in [6.07, 6.45) is 0. The molecule has 8 heteroatoms. The normalized spacial score (nSPS) is 11.3. The highest BCUT2D eigenvalue weighted by Gasteiger charge is 2.21. The van der Waals surface area contributed by atoms with Crippen molar-refractivity contribution >= 4 is 22.8 Å². The maximum atomic E-state index is 14.4. The molecule has 0 aliphatic rings. The predicted octanol–water partition coefficient (Wildman–Crippen LogP) is 2.94. The molecular weight excluding hydrogens is 383 g/mol. The number of nitrogens with zero attached hydrogens (tertiary/aromatic N) is 4. The van der Waals surface area contributed by atoms with E-state index in [9.17, 15) is 14.0 Å². The molecule has 2 aromatic heterocycles. The van der Waals surface area contributed by atoms with Crippen LogP contribution in [-0.2, 0) is 20.6 Å². The number of benzene rings is 2. The Kier molecular flexibility index (Phi) is 4.39. The van der Waals surface area contributed by atoms with E-state index in [2.05, 4.69) is 4.98 Å². The van der Waals surface area contributed by atoms with Crippen molar-refractivity contribution < 1.29 is 4.39 Å². The van der Waals surface area contributed by atoms with E-state index in [0.29, 0.717) is 5.82 Å². The summed E-state index contributed by atoms with van der Waals surface area (Å²) in [6, 6.07) is 13.6. The first kappa shape index (κ1) is 18.2. The third kappa shape index (κ3) is 2.75. The van der Waals surface area contributed by atoms with Gasteiger partial charge in [0.2, 0.25) is 0 Å². The molecule has 0 spiro atoms. The highest BCUT2D eigenvalue weighted by molar-refractivity contribution is 6.31. The summed E-state index contributed by atoms with van der Waals surface area (Å²) in [5, 5.41) is 0.252. The first-order valence-corrected chi connectivity index (χ1v) is 8.92. The Bertz CT molecular complexity index is 1300. The van der Waals surface area contributed by atoms with Gasteiger partial charge in [0, 0.05) is 30.2 Å². The molecular formula is C20H16ClFN4O2. The van der Waals surface area contributed by atoms with Gasteiger partial charge in [0.25, 0.3) is 5.56 Å². The summed E-state index contributed by atoms with van der Waals surface area (Å²) in [5.41, 5.74) is 0.449. The molecule has 4 rings (SSSR count). The van der Waals surface area contributed by atoms with Gasteiger partial charge in [-0.25, -0.2) is 14.2 Å². The smallest absolute Gasteiger partial charge is 0.313 e. The second kappa shape index (κ2) is 6.76. The Balaban J connectivity index is 2.10. The maximum absolute atomic E-state index is 14.4. The number of aromatic nitrogens is 4. The van der Waals surface area contributed by atoms with E-state index in [-0.39, 0.29) is 28.3 Å². The van der Waals surface area contributed by atoms with E-state index < -0.39 is 17.1 Å². The zero-order chi connectivity index (χ0) is 20.0. The van der Waals surface area contributed by atoms with Gasteiger partial charge in [0.1, 0.15) is 11.6 Å². The molecule has 0 aliphatic carbocycles. The summed E-state index contributed by atoms with van der Waals surface area (Å²) < 4.78 is 18.4. The number of imidazole rings is 1. The molecule has 0 amide bonds.